The monoisotopic (exact) mass is 826 g/mol. The second kappa shape index (κ2) is 18.5. The molecule has 0 unspecified atom stereocenters. The van der Waals surface area contributed by atoms with Crippen molar-refractivity contribution in [2.24, 2.45) is 0 Å². The van der Waals surface area contributed by atoms with Crippen LogP contribution in [-0.4, -0.2) is 81.0 Å². The van der Waals surface area contributed by atoms with Gasteiger partial charge in [-0.25, -0.2) is 9.37 Å². The lowest BCUT2D eigenvalue weighted by molar-refractivity contribution is -0.145. The smallest absolute Gasteiger partial charge is 0.333 e. The first-order chi connectivity index (χ1) is 28.2. The van der Waals surface area contributed by atoms with Crippen LogP contribution in [0.3, 0.4) is 0 Å². The van der Waals surface area contributed by atoms with Crippen LogP contribution in [0.5, 0.6) is 11.8 Å². The number of aromatic hydroxyl groups is 2. The van der Waals surface area contributed by atoms with Crippen LogP contribution in [-0.2, 0) is 29.8 Å². The molecule has 3 aliphatic rings. The van der Waals surface area contributed by atoms with Crippen LogP contribution in [0.1, 0.15) is 56.2 Å². The lowest BCUT2D eigenvalue weighted by Gasteiger charge is -2.27. The van der Waals surface area contributed by atoms with Crippen LogP contribution in [0.2, 0.25) is 0 Å². The number of benzene rings is 3. The number of fused-ring (bicyclic) bond motifs is 2. The van der Waals surface area contributed by atoms with Gasteiger partial charge in [-0.1, -0.05) is 62.8 Å². The summed E-state index contributed by atoms with van der Waals surface area (Å²) in [5.74, 6) is 0.110. The van der Waals surface area contributed by atoms with Gasteiger partial charge in [-0.15, -0.1) is 4.73 Å². The maximum atomic E-state index is 12.4. The highest BCUT2D eigenvalue weighted by Crippen LogP contribution is 2.49. The van der Waals surface area contributed by atoms with E-state index < -0.39 is 21.5 Å². The highest BCUT2D eigenvalue weighted by molar-refractivity contribution is 7.85. The van der Waals surface area contributed by atoms with Gasteiger partial charge in [0.2, 0.25) is 17.1 Å². The average Bonchev–Trinajstić information content (AvgIpc) is 3.64. The number of hydrogen-bond donors (Lipinski definition) is 3. The summed E-state index contributed by atoms with van der Waals surface area (Å²) in [5.41, 5.74) is 5.69. The van der Waals surface area contributed by atoms with Crippen molar-refractivity contribution >= 4 is 27.9 Å². The zero-order valence-corrected chi connectivity index (χ0v) is 34.9. The number of aromatic nitrogens is 1. The normalized spacial score (nSPS) is 14.4. The quantitative estimate of drug-likeness (QED) is 0.0514. The molecule has 0 amide bonds. The van der Waals surface area contributed by atoms with Crippen LogP contribution in [0.25, 0.3) is 28.7 Å². The maximum Gasteiger partial charge on any atom is 0.333 e. The Hall–Kier alpha value is -5.67. The number of nitrogens with zero attached hydrogens (tertiary/aromatic N) is 3. The van der Waals surface area contributed by atoms with Gasteiger partial charge in [0, 0.05) is 78.9 Å². The minimum Gasteiger partial charge on any atom is -0.492 e. The fraction of sp³-hybridized carbons (Fsp3) is 0.333. The van der Waals surface area contributed by atoms with Gasteiger partial charge in [-0.3, -0.25) is 4.55 Å². The predicted molar refractivity (Wildman–Crippen MR) is 226 cm³/mol. The number of carbonyl (C=O) groups excluding carboxylic acids is 1. The second-order valence-electron chi connectivity index (χ2n) is 14.9. The largest absolute Gasteiger partial charge is 0.492 e. The number of ether oxygens (including phenoxy) is 2. The third kappa shape index (κ3) is 9.63. The Morgan fingerprint density at radius 3 is 2.25 bits per heavy atom. The van der Waals surface area contributed by atoms with E-state index in [4.69, 9.17) is 18.7 Å². The Bertz CT molecular complexity index is 2470. The van der Waals surface area contributed by atoms with Crippen LogP contribution in [0.4, 0.5) is 5.69 Å². The maximum absolute atomic E-state index is 12.4. The number of rotatable bonds is 17. The summed E-state index contributed by atoms with van der Waals surface area (Å²) in [7, 11) is -1.07. The third-order valence-corrected chi connectivity index (χ3v) is 11.5. The van der Waals surface area contributed by atoms with Gasteiger partial charge < -0.3 is 33.8 Å². The standard InChI is InChI=1S/C45H51N3O10S/c1-31-35(36-20-18-33(46(25-27-55-4)26-28-56-5)29-39(36)57-44(31)32-13-8-6-9-14-32)15-12-16-40-45(2,3)37-30-34(59(52,53)54)19-21-38(37)47(40)24-11-7-10-17-43(51)58-48-41(49)22-23-42(48)50/h6,8-9,12-16,18-23,29-30H,7,10-11,17,24-28H2,1-5H3,(H2-,49,50,52,53,54)/p+1. The van der Waals surface area contributed by atoms with Crippen LogP contribution < -0.4 is 19.7 Å². The third-order valence-electron chi connectivity index (χ3n) is 10.7. The summed E-state index contributed by atoms with van der Waals surface area (Å²) < 4.78 is 54.7. The van der Waals surface area contributed by atoms with Crippen molar-refractivity contribution in [2.45, 2.75) is 56.8 Å². The van der Waals surface area contributed by atoms with Crippen molar-refractivity contribution in [2.75, 3.05) is 52.0 Å². The molecule has 3 N–H and O–H groups in total. The number of anilines is 1. The second-order valence-corrected chi connectivity index (χ2v) is 16.4. The fourth-order valence-corrected chi connectivity index (χ4v) is 8.04. The highest BCUT2D eigenvalue weighted by atomic mass is 32.2. The molecule has 3 aromatic rings. The highest BCUT2D eigenvalue weighted by Gasteiger charge is 2.40. The zero-order valence-electron chi connectivity index (χ0n) is 34.1. The molecule has 0 spiro atoms. The number of hydrogen-bond acceptors (Lipinski definition) is 10. The molecule has 2 aliphatic heterocycles. The van der Waals surface area contributed by atoms with Crippen molar-refractivity contribution in [1.82, 2.24) is 9.31 Å². The fourth-order valence-electron chi connectivity index (χ4n) is 7.53. The molecule has 2 aromatic carbocycles. The number of carbonyl (C=O) groups is 1. The number of unbranched alkanes of at least 4 members (excludes halogenated alkanes) is 2. The van der Waals surface area contributed by atoms with E-state index in [-0.39, 0.29) is 23.1 Å². The van der Waals surface area contributed by atoms with E-state index in [1.165, 1.54) is 24.3 Å². The topological polar surface area (TPSA) is 164 Å². The van der Waals surface area contributed by atoms with E-state index in [0.717, 1.165) is 56.1 Å². The molecule has 6 rings (SSSR count). The minimum absolute atomic E-state index is 0.0732. The molecule has 13 nitrogen and oxygen atoms in total. The Morgan fingerprint density at radius 1 is 0.898 bits per heavy atom. The Morgan fingerprint density at radius 2 is 1.59 bits per heavy atom. The Labute approximate surface area is 344 Å². The van der Waals surface area contributed by atoms with Gasteiger partial charge in [0.1, 0.15) is 24.7 Å². The molecule has 3 heterocycles. The van der Waals surface area contributed by atoms with Crippen molar-refractivity contribution in [3.05, 3.63) is 119 Å². The molecule has 14 heteroatoms. The summed E-state index contributed by atoms with van der Waals surface area (Å²) in [4.78, 5) is 19.5. The van der Waals surface area contributed by atoms with E-state index >= 15 is 0 Å². The molecule has 312 valence electrons. The molecular weight excluding hydrogens is 775 g/mol. The SMILES string of the molecule is COCC[N+](CCOC)=c1ccc2c(C=CC=C3N(CCCCCC(=O)On4c(O)ccc4O)c4ccc(S(=O)(=O)O)cc4C3(C)C)c(C)c(-c3ccccc3)oc-2c1. The van der Waals surface area contributed by atoms with E-state index in [0.29, 0.717) is 56.8 Å². The van der Waals surface area contributed by atoms with E-state index in [1.54, 1.807) is 20.3 Å². The summed E-state index contributed by atoms with van der Waals surface area (Å²) >= 11 is 0. The van der Waals surface area contributed by atoms with E-state index in [1.807, 2.05) is 63.3 Å². The number of allylic oxidation sites excluding steroid dienone is 3. The molecule has 0 saturated carbocycles. The lowest BCUT2D eigenvalue weighted by Crippen LogP contribution is -2.35. The first-order valence-electron chi connectivity index (χ1n) is 19.5. The van der Waals surface area contributed by atoms with Gasteiger partial charge in [0.25, 0.3) is 10.1 Å². The molecule has 0 atom stereocenters. The molecule has 0 bridgehead atoms. The predicted octanol–water partition coefficient (Wildman–Crippen LogP) is 6.79. The minimum atomic E-state index is -4.44. The summed E-state index contributed by atoms with van der Waals surface area (Å²) in [5, 5.41) is 20.6. The molecular formula is C45H52N3O10S+. The zero-order chi connectivity index (χ0) is 42.3. The number of methoxy groups -OCH3 is 2. The van der Waals surface area contributed by atoms with Crippen molar-refractivity contribution in [3.8, 4) is 34.4 Å². The van der Waals surface area contributed by atoms with E-state index in [9.17, 15) is 28.0 Å². The molecule has 1 aromatic heterocycles. The van der Waals surface area contributed by atoms with Gasteiger partial charge >= 0.3 is 5.97 Å². The first-order valence-corrected chi connectivity index (χ1v) is 21.0. The summed E-state index contributed by atoms with van der Waals surface area (Å²) in [6.45, 7) is 9.14. The van der Waals surface area contributed by atoms with Crippen LogP contribution >= 0.6 is 0 Å². The molecule has 0 fully saturated rings. The molecule has 0 radical (unpaired) electrons. The van der Waals surface area contributed by atoms with Crippen molar-refractivity contribution in [3.63, 3.8) is 0 Å². The van der Waals surface area contributed by atoms with Gasteiger partial charge in [-0.05, 0) is 61.2 Å². The van der Waals surface area contributed by atoms with Gasteiger partial charge in [-0.2, -0.15) is 8.42 Å². The van der Waals surface area contributed by atoms with Crippen LogP contribution in [0.15, 0.2) is 106 Å². The van der Waals surface area contributed by atoms with Gasteiger partial charge in [0.05, 0.1) is 11.0 Å². The first kappa shape index (κ1) is 42.9. The average molecular weight is 827 g/mol. The Balaban J connectivity index is 1.34. The molecule has 59 heavy (non-hydrogen) atoms. The summed E-state index contributed by atoms with van der Waals surface area (Å²) in [6.07, 6.45) is 8.05. The van der Waals surface area contributed by atoms with E-state index in [2.05, 4.69) is 33.8 Å². The van der Waals surface area contributed by atoms with Crippen molar-refractivity contribution in [1.29, 1.82) is 0 Å². The van der Waals surface area contributed by atoms with Gasteiger partial charge in [0.15, 0.2) is 13.1 Å². The molecule has 0 saturated heterocycles. The van der Waals surface area contributed by atoms with Crippen LogP contribution in [0, 0.1) is 6.92 Å². The summed E-state index contributed by atoms with van der Waals surface area (Å²) in [6, 6.07) is 23.3. The lowest BCUT2D eigenvalue weighted by atomic mass is 9.83. The Kier molecular flexibility index (Phi) is 13.5. The molecule has 1 aliphatic carbocycles. The van der Waals surface area contributed by atoms with Crippen molar-refractivity contribution < 1.29 is 46.7 Å².